The molecule has 0 fully saturated rings. The molecule has 0 amide bonds. The van der Waals surface area contributed by atoms with E-state index in [2.05, 4.69) is 4.72 Å². The molecule has 9 nitrogen and oxygen atoms in total. The van der Waals surface area contributed by atoms with Gasteiger partial charge in [-0.05, 0) is 61.5 Å². The number of hydrogen-bond donors (Lipinski definition) is 1. The van der Waals surface area contributed by atoms with Gasteiger partial charge in [-0.1, -0.05) is 18.2 Å². The third kappa shape index (κ3) is 5.86. The molecule has 11 heteroatoms. The van der Waals surface area contributed by atoms with E-state index in [1.165, 1.54) is 24.3 Å². The van der Waals surface area contributed by atoms with Crippen molar-refractivity contribution in [3.63, 3.8) is 0 Å². The summed E-state index contributed by atoms with van der Waals surface area (Å²) in [7, 11) is -4.66. The Hall–Kier alpha value is -3.57. The monoisotopic (exact) mass is 504 g/mol. The van der Waals surface area contributed by atoms with E-state index in [1.807, 2.05) is 19.0 Å². The molecule has 0 heterocycles. The van der Waals surface area contributed by atoms with E-state index in [0.29, 0.717) is 5.69 Å². The summed E-state index contributed by atoms with van der Waals surface area (Å²) < 4.78 is 63.7. The van der Waals surface area contributed by atoms with Crippen LogP contribution in [-0.4, -0.2) is 43.5 Å². The second-order valence-electron chi connectivity index (χ2n) is 7.28. The molecule has 3 aromatic rings. The average molecular weight is 505 g/mol. The van der Waals surface area contributed by atoms with Gasteiger partial charge < -0.3 is 13.8 Å². The molecule has 0 aliphatic rings. The Bertz CT molecular complexity index is 1370. The van der Waals surface area contributed by atoms with Crippen LogP contribution in [0.4, 0.5) is 11.4 Å². The molecule has 0 unspecified atom stereocenters. The Balaban J connectivity index is 1.96. The lowest BCUT2D eigenvalue weighted by atomic mass is 10.2. The van der Waals surface area contributed by atoms with Crippen molar-refractivity contribution in [1.82, 2.24) is 0 Å². The zero-order valence-electron chi connectivity index (χ0n) is 18.8. The van der Waals surface area contributed by atoms with Crippen LogP contribution >= 0.6 is 0 Å². The number of hydrogen-bond acceptors (Lipinski definition) is 8. The van der Waals surface area contributed by atoms with Crippen molar-refractivity contribution in [2.45, 2.75) is 16.7 Å². The van der Waals surface area contributed by atoms with Gasteiger partial charge in [0.1, 0.15) is 10.5 Å². The summed E-state index contributed by atoms with van der Waals surface area (Å²) in [6.45, 7) is 1.57. The summed E-state index contributed by atoms with van der Waals surface area (Å²) in [5, 5.41) is 0. The number of carbonyl (C=O) groups is 1. The lowest BCUT2D eigenvalue weighted by Crippen LogP contribution is -2.17. The van der Waals surface area contributed by atoms with Gasteiger partial charge in [0.25, 0.3) is 10.0 Å². The lowest BCUT2D eigenvalue weighted by molar-refractivity contribution is 0.0524. The predicted molar refractivity (Wildman–Crippen MR) is 128 cm³/mol. The molecule has 0 atom stereocenters. The molecule has 0 aromatic heterocycles. The second kappa shape index (κ2) is 10.1. The first-order valence-electron chi connectivity index (χ1n) is 10.1. The maximum Gasteiger partial charge on any atom is 0.342 e. The van der Waals surface area contributed by atoms with Crippen LogP contribution in [0.2, 0.25) is 0 Å². The minimum atomic E-state index is -4.27. The number of nitrogens with one attached hydrogen (secondary N) is 1. The third-order valence-corrected chi connectivity index (χ3v) is 7.25. The Morgan fingerprint density at radius 1 is 0.882 bits per heavy atom. The molecule has 1 N–H and O–H groups in total. The van der Waals surface area contributed by atoms with Gasteiger partial charge in [-0.15, -0.1) is 0 Å². The van der Waals surface area contributed by atoms with Crippen molar-refractivity contribution >= 4 is 37.5 Å². The number of ether oxygens (including phenoxy) is 1. The van der Waals surface area contributed by atoms with Crippen molar-refractivity contribution < 1.29 is 30.6 Å². The highest BCUT2D eigenvalue weighted by Gasteiger charge is 2.25. The van der Waals surface area contributed by atoms with Gasteiger partial charge in [0.15, 0.2) is 5.75 Å². The molecule has 34 heavy (non-hydrogen) atoms. The Kier molecular flexibility index (Phi) is 7.48. The molecular formula is C23H24N2O7S2. The largest absolute Gasteiger partial charge is 0.462 e. The quantitative estimate of drug-likeness (QED) is 0.347. The highest BCUT2D eigenvalue weighted by atomic mass is 32.2. The molecule has 0 saturated carbocycles. The number of rotatable bonds is 9. The average Bonchev–Trinajstić information content (AvgIpc) is 2.80. The summed E-state index contributed by atoms with van der Waals surface area (Å²) in [5.74, 6) is -1.27. The molecule has 0 aliphatic carbocycles. The van der Waals surface area contributed by atoms with Crippen LogP contribution in [-0.2, 0) is 24.9 Å². The van der Waals surface area contributed by atoms with Gasteiger partial charge in [-0.25, -0.2) is 13.2 Å². The van der Waals surface area contributed by atoms with E-state index < -0.39 is 26.1 Å². The predicted octanol–water partition coefficient (Wildman–Crippen LogP) is 3.50. The fourth-order valence-corrected chi connectivity index (χ4v) is 4.97. The molecule has 3 rings (SSSR count). The van der Waals surface area contributed by atoms with Gasteiger partial charge >= 0.3 is 16.1 Å². The molecule has 0 saturated heterocycles. The Morgan fingerprint density at radius 3 is 2.12 bits per heavy atom. The first-order chi connectivity index (χ1) is 16.0. The van der Waals surface area contributed by atoms with Crippen molar-refractivity contribution in [2.24, 2.45) is 0 Å². The first kappa shape index (κ1) is 25.1. The maximum absolute atomic E-state index is 12.9. The smallest absolute Gasteiger partial charge is 0.342 e. The van der Waals surface area contributed by atoms with Crippen LogP contribution < -0.4 is 13.8 Å². The van der Waals surface area contributed by atoms with Crippen LogP contribution in [0.25, 0.3) is 0 Å². The molecule has 0 spiro atoms. The van der Waals surface area contributed by atoms with Crippen molar-refractivity contribution in [3.05, 3.63) is 78.4 Å². The Morgan fingerprint density at radius 2 is 1.53 bits per heavy atom. The van der Waals surface area contributed by atoms with E-state index in [4.69, 9.17) is 8.92 Å². The zero-order chi connectivity index (χ0) is 24.9. The lowest BCUT2D eigenvalue weighted by Gasteiger charge is -2.15. The summed E-state index contributed by atoms with van der Waals surface area (Å²) >= 11 is 0. The molecule has 180 valence electrons. The van der Waals surface area contributed by atoms with E-state index in [1.54, 1.807) is 37.3 Å². The topological polar surface area (TPSA) is 119 Å². The van der Waals surface area contributed by atoms with Crippen molar-refractivity contribution in [2.75, 3.05) is 30.3 Å². The number of benzene rings is 3. The molecule has 0 bridgehead atoms. The summed E-state index contributed by atoms with van der Waals surface area (Å²) in [6, 6.07) is 17.3. The van der Waals surface area contributed by atoms with Gasteiger partial charge in [-0.3, -0.25) is 4.72 Å². The number of sulfonamides is 1. The van der Waals surface area contributed by atoms with Crippen LogP contribution in [0.3, 0.4) is 0 Å². The summed E-state index contributed by atoms with van der Waals surface area (Å²) in [6.07, 6.45) is 0. The second-order valence-corrected chi connectivity index (χ2v) is 10.5. The van der Waals surface area contributed by atoms with Gasteiger partial charge in [0.2, 0.25) is 0 Å². The van der Waals surface area contributed by atoms with Crippen LogP contribution in [0, 0.1) is 0 Å². The first-order valence-corrected chi connectivity index (χ1v) is 13.0. The normalized spacial score (nSPS) is 11.5. The zero-order valence-corrected chi connectivity index (χ0v) is 20.4. The summed E-state index contributed by atoms with van der Waals surface area (Å²) in [4.78, 5) is 14.0. The van der Waals surface area contributed by atoms with Crippen LogP contribution in [0.1, 0.15) is 17.3 Å². The molecule has 0 radical (unpaired) electrons. The molecule has 0 aliphatic heterocycles. The molecular weight excluding hydrogens is 480 g/mol. The fraction of sp³-hybridized carbons (Fsp3) is 0.174. The van der Waals surface area contributed by atoms with E-state index >= 15 is 0 Å². The minimum Gasteiger partial charge on any atom is -0.462 e. The third-order valence-electron chi connectivity index (χ3n) is 4.62. The Labute approximate surface area is 199 Å². The summed E-state index contributed by atoms with van der Waals surface area (Å²) in [5.41, 5.74) is 0.858. The number of anilines is 2. The maximum atomic E-state index is 12.9. The van der Waals surface area contributed by atoms with Crippen LogP contribution in [0.5, 0.6) is 5.75 Å². The minimum absolute atomic E-state index is 0.00282. The molecule has 3 aromatic carbocycles. The number of esters is 1. The highest BCUT2D eigenvalue weighted by Crippen LogP contribution is 2.28. The van der Waals surface area contributed by atoms with E-state index in [0.717, 1.165) is 23.9 Å². The van der Waals surface area contributed by atoms with Crippen molar-refractivity contribution in [1.29, 1.82) is 0 Å². The number of nitrogens with zero attached hydrogens (tertiary/aromatic N) is 1. The SMILES string of the molecule is CCOC(=O)c1cc(S(=O)(=O)Nc2ccc(N(C)C)cc2)ccc1OS(=O)(=O)c1ccccc1. The van der Waals surface area contributed by atoms with Gasteiger partial charge in [-0.2, -0.15) is 8.42 Å². The standard InChI is InChI=1S/C23H24N2O7S2/c1-4-31-23(26)21-16-20(33(27,28)24-17-10-12-18(13-11-17)25(2)3)14-15-22(21)32-34(29,30)19-8-6-5-7-9-19/h5-16,24H,4H2,1-3H3. The van der Waals surface area contributed by atoms with E-state index in [-0.39, 0.29) is 27.7 Å². The van der Waals surface area contributed by atoms with Crippen LogP contribution in [0.15, 0.2) is 82.6 Å². The number of carbonyl (C=O) groups excluding carboxylic acids is 1. The highest BCUT2D eigenvalue weighted by molar-refractivity contribution is 7.92. The fourth-order valence-electron chi connectivity index (χ4n) is 2.91. The van der Waals surface area contributed by atoms with E-state index in [9.17, 15) is 21.6 Å². The van der Waals surface area contributed by atoms with Gasteiger partial charge in [0.05, 0.1) is 11.5 Å². The van der Waals surface area contributed by atoms with Gasteiger partial charge in [0, 0.05) is 25.5 Å². The van der Waals surface area contributed by atoms with Crippen molar-refractivity contribution in [3.8, 4) is 5.75 Å².